The second-order valence-electron chi connectivity index (χ2n) is 5.47. The number of nitrogens with one attached hydrogen (secondary N) is 2. The lowest BCUT2D eigenvalue weighted by Gasteiger charge is -2.05. The van der Waals surface area contributed by atoms with Crippen LogP contribution in [0, 0.1) is 0 Å². The van der Waals surface area contributed by atoms with Crippen LogP contribution >= 0.6 is 23.2 Å². The third kappa shape index (κ3) is 4.67. The Balaban J connectivity index is 1.69. The standard InChI is InChI=1S/C19H16Cl2N4O2/c1-2-27-18-6-4-3-5-13(18)11-22-25-19(26)17-10-16(23-24-17)12-7-8-14(20)15(21)9-12/h3-11H,2H2,1H3,(H,23,24)(H,25,26)/b22-11+. The smallest absolute Gasteiger partial charge is 0.289 e. The van der Waals surface area contributed by atoms with Crippen molar-refractivity contribution >= 4 is 35.3 Å². The van der Waals surface area contributed by atoms with Gasteiger partial charge in [-0.15, -0.1) is 0 Å². The first-order valence-electron chi connectivity index (χ1n) is 8.14. The van der Waals surface area contributed by atoms with Gasteiger partial charge in [-0.25, -0.2) is 5.43 Å². The van der Waals surface area contributed by atoms with Gasteiger partial charge in [0.05, 0.1) is 28.6 Å². The first kappa shape index (κ1) is 18.9. The second-order valence-corrected chi connectivity index (χ2v) is 6.28. The molecule has 0 aliphatic carbocycles. The highest BCUT2D eigenvalue weighted by atomic mass is 35.5. The first-order chi connectivity index (χ1) is 13.1. The maximum absolute atomic E-state index is 12.2. The molecule has 0 unspecified atom stereocenters. The molecule has 0 fully saturated rings. The summed E-state index contributed by atoms with van der Waals surface area (Å²) in [6.07, 6.45) is 1.53. The summed E-state index contributed by atoms with van der Waals surface area (Å²) in [5.74, 6) is 0.278. The van der Waals surface area contributed by atoms with Crippen molar-refractivity contribution in [1.82, 2.24) is 15.6 Å². The third-order valence-corrected chi connectivity index (χ3v) is 4.37. The third-order valence-electron chi connectivity index (χ3n) is 3.63. The predicted octanol–water partition coefficient (Wildman–Crippen LogP) is 4.55. The fraction of sp³-hybridized carbons (Fsp3) is 0.105. The van der Waals surface area contributed by atoms with Gasteiger partial charge in [0.25, 0.3) is 5.91 Å². The van der Waals surface area contributed by atoms with E-state index in [1.165, 1.54) is 6.21 Å². The Labute approximate surface area is 166 Å². The van der Waals surface area contributed by atoms with E-state index < -0.39 is 5.91 Å². The molecule has 0 saturated carbocycles. The Morgan fingerprint density at radius 2 is 2.04 bits per heavy atom. The topological polar surface area (TPSA) is 79.4 Å². The average molecular weight is 403 g/mol. The van der Waals surface area contributed by atoms with Crippen molar-refractivity contribution < 1.29 is 9.53 Å². The summed E-state index contributed by atoms with van der Waals surface area (Å²) in [6.45, 7) is 2.45. The number of rotatable bonds is 6. The molecule has 0 spiro atoms. The van der Waals surface area contributed by atoms with Crippen LogP contribution in [0.25, 0.3) is 11.3 Å². The van der Waals surface area contributed by atoms with Crippen molar-refractivity contribution in [2.45, 2.75) is 6.92 Å². The first-order valence-corrected chi connectivity index (χ1v) is 8.90. The molecule has 138 valence electrons. The molecule has 2 aromatic carbocycles. The summed E-state index contributed by atoms with van der Waals surface area (Å²) >= 11 is 11.9. The van der Waals surface area contributed by atoms with Gasteiger partial charge < -0.3 is 4.74 Å². The van der Waals surface area contributed by atoms with Crippen LogP contribution in [0.15, 0.2) is 53.6 Å². The molecule has 0 atom stereocenters. The minimum absolute atomic E-state index is 0.270. The van der Waals surface area contributed by atoms with E-state index in [9.17, 15) is 4.79 Å². The molecular formula is C19H16Cl2N4O2. The molecule has 8 heteroatoms. The quantitative estimate of drug-likeness (QED) is 0.468. The summed E-state index contributed by atoms with van der Waals surface area (Å²) in [4.78, 5) is 12.2. The molecule has 0 aliphatic rings. The van der Waals surface area contributed by atoms with E-state index in [0.717, 1.165) is 11.1 Å². The molecule has 27 heavy (non-hydrogen) atoms. The highest BCUT2D eigenvalue weighted by Crippen LogP contribution is 2.27. The number of aromatic nitrogens is 2. The summed E-state index contributed by atoms with van der Waals surface area (Å²) in [6, 6.07) is 14.2. The fourth-order valence-electron chi connectivity index (χ4n) is 2.34. The number of hydrogen-bond donors (Lipinski definition) is 2. The number of halogens is 2. The Kier molecular flexibility index (Phi) is 6.11. The lowest BCUT2D eigenvalue weighted by Crippen LogP contribution is -2.18. The number of benzene rings is 2. The van der Waals surface area contributed by atoms with Gasteiger partial charge >= 0.3 is 0 Å². The predicted molar refractivity (Wildman–Crippen MR) is 107 cm³/mol. The van der Waals surface area contributed by atoms with Crippen LogP contribution in [0.2, 0.25) is 10.0 Å². The number of carbonyl (C=O) groups is 1. The van der Waals surface area contributed by atoms with Gasteiger partial charge in [0.15, 0.2) is 0 Å². The average Bonchev–Trinajstić information content (AvgIpc) is 3.16. The summed E-state index contributed by atoms with van der Waals surface area (Å²) in [5, 5.41) is 11.7. The van der Waals surface area contributed by atoms with Gasteiger partial charge in [-0.05, 0) is 37.3 Å². The van der Waals surface area contributed by atoms with Gasteiger partial charge in [0.1, 0.15) is 11.4 Å². The highest BCUT2D eigenvalue weighted by Gasteiger charge is 2.11. The normalized spacial score (nSPS) is 10.9. The summed E-state index contributed by atoms with van der Waals surface area (Å²) in [5.41, 5.74) is 4.81. The van der Waals surface area contributed by atoms with Gasteiger partial charge in [0.2, 0.25) is 0 Å². The molecule has 0 aliphatic heterocycles. The van der Waals surface area contributed by atoms with Crippen molar-refractivity contribution in [3.63, 3.8) is 0 Å². The highest BCUT2D eigenvalue weighted by molar-refractivity contribution is 6.42. The zero-order valence-corrected chi connectivity index (χ0v) is 15.9. The number of para-hydroxylation sites is 1. The number of H-pyrrole nitrogens is 1. The molecule has 1 aromatic heterocycles. The van der Waals surface area contributed by atoms with Crippen molar-refractivity contribution in [3.05, 3.63) is 69.8 Å². The molecule has 1 amide bonds. The van der Waals surface area contributed by atoms with Crippen LogP contribution in [0.3, 0.4) is 0 Å². The van der Waals surface area contributed by atoms with Crippen LogP contribution < -0.4 is 10.2 Å². The Morgan fingerprint density at radius 3 is 2.81 bits per heavy atom. The molecular weight excluding hydrogens is 387 g/mol. The molecule has 0 saturated heterocycles. The van der Waals surface area contributed by atoms with Gasteiger partial charge in [-0.2, -0.15) is 10.2 Å². The fourth-order valence-corrected chi connectivity index (χ4v) is 2.63. The number of hydrogen-bond acceptors (Lipinski definition) is 4. The zero-order chi connectivity index (χ0) is 19.2. The Morgan fingerprint density at radius 1 is 1.22 bits per heavy atom. The number of hydrazone groups is 1. The van der Waals surface area contributed by atoms with Crippen molar-refractivity contribution in [1.29, 1.82) is 0 Å². The zero-order valence-electron chi connectivity index (χ0n) is 14.4. The summed E-state index contributed by atoms with van der Waals surface area (Å²) in [7, 11) is 0. The van der Waals surface area contributed by atoms with E-state index >= 15 is 0 Å². The Bertz CT molecular complexity index is 985. The van der Waals surface area contributed by atoms with Crippen molar-refractivity contribution in [2.75, 3.05) is 6.61 Å². The Hall–Kier alpha value is -2.83. The maximum Gasteiger partial charge on any atom is 0.289 e. The molecule has 0 radical (unpaired) electrons. The number of carbonyl (C=O) groups excluding carboxylic acids is 1. The lowest BCUT2D eigenvalue weighted by atomic mass is 10.1. The minimum Gasteiger partial charge on any atom is -0.493 e. The second kappa shape index (κ2) is 8.70. The van der Waals surface area contributed by atoms with Crippen molar-refractivity contribution in [3.8, 4) is 17.0 Å². The van der Waals surface area contributed by atoms with Crippen LogP contribution in [0.4, 0.5) is 0 Å². The number of aromatic amines is 1. The van der Waals surface area contributed by atoms with Crippen LogP contribution in [0.1, 0.15) is 23.0 Å². The van der Waals surface area contributed by atoms with E-state index in [-0.39, 0.29) is 5.69 Å². The number of amides is 1. The van der Waals surface area contributed by atoms with Crippen LogP contribution in [-0.4, -0.2) is 28.9 Å². The van der Waals surface area contributed by atoms with Gasteiger partial charge in [0, 0.05) is 11.1 Å². The van der Waals surface area contributed by atoms with Gasteiger partial charge in [-0.3, -0.25) is 9.89 Å². The molecule has 3 rings (SSSR count). The van der Waals surface area contributed by atoms with E-state index in [2.05, 4.69) is 20.7 Å². The number of ether oxygens (including phenoxy) is 1. The minimum atomic E-state index is -0.418. The monoisotopic (exact) mass is 402 g/mol. The molecule has 6 nitrogen and oxygen atoms in total. The molecule has 3 aromatic rings. The van der Waals surface area contributed by atoms with E-state index in [0.29, 0.717) is 28.1 Å². The molecule has 2 N–H and O–H groups in total. The maximum atomic E-state index is 12.2. The van der Waals surface area contributed by atoms with E-state index in [4.69, 9.17) is 27.9 Å². The van der Waals surface area contributed by atoms with Crippen LogP contribution in [-0.2, 0) is 0 Å². The number of nitrogens with zero attached hydrogens (tertiary/aromatic N) is 2. The molecule has 0 bridgehead atoms. The van der Waals surface area contributed by atoms with Crippen molar-refractivity contribution in [2.24, 2.45) is 5.10 Å². The molecule has 1 heterocycles. The van der Waals surface area contributed by atoms with E-state index in [1.54, 1.807) is 24.3 Å². The summed E-state index contributed by atoms with van der Waals surface area (Å²) < 4.78 is 5.51. The largest absolute Gasteiger partial charge is 0.493 e. The van der Waals surface area contributed by atoms with E-state index in [1.807, 2.05) is 31.2 Å². The van der Waals surface area contributed by atoms with Crippen LogP contribution in [0.5, 0.6) is 5.75 Å². The lowest BCUT2D eigenvalue weighted by molar-refractivity contribution is 0.0950. The SMILES string of the molecule is CCOc1ccccc1/C=N/NC(=O)c1cc(-c2ccc(Cl)c(Cl)c2)n[nH]1. The van der Waals surface area contributed by atoms with Gasteiger partial charge in [-0.1, -0.05) is 41.4 Å².